The Morgan fingerprint density at radius 3 is 2.20 bits per heavy atom. The van der Waals surface area contributed by atoms with Crippen molar-refractivity contribution >= 4 is 21.9 Å². The van der Waals surface area contributed by atoms with Crippen LogP contribution < -0.4 is 4.74 Å². The van der Waals surface area contributed by atoms with Gasteiger partial charge < -0.3 is 9.47 Å². The Hall–Kier alpha value is -1.81. The van der Waals surface area contributed by atoms with Gasteiger partial charge in [-0.2, -0.15) is 0 Å². The molecule has 0 bridgehead atoms. The van der Waals surface area contributed by atoms with E-state index in [1.165, 1.54) is 5.56 Å². The molecule has 0 radical (unpaired) electrons. The molecule has 0 N–H and O–H groups in total. The summed E-state index contributed by atoms with van der Waals surface area (Å²) in [5.41, 5.74) is 3.12. The van der Waals surface area contributed by atoms with Crippen LogP contribution in [0.1, 0.15) is 50.5 Å². The Kier molecular flexibility index (Phi) is 6.28. The van der Waals surface area contributed by atoms with Gasteiger partial charge in [0.05, 0.1) is 11.7 Å². The van der Waals surface area contributed by atoms with Gasteiger partial charge in [-0.05, 0) is 69.5 Å². The summed E-state index contributed by atoms with van der Waals surface area (Å²) in [4.78, 5) is 12.5. The predicted octanol–water partition coefficient (Wildman–Crippen LogP) is 5.99. The maximum atomic E-state index is 12.5. The topological polar surface area (TPSA) is 35.5 Å². The maximum absolute atomic E-state index is 12.5. The number of carbonyl (C=O) groups excluding carboxylic acids is 1. The number of rotatable bonds is 5. The molecule has 0 saturated carbocycles. The summed E-state index contributed by atoms with van der Waals surface area (Å²) in [5.74, 6) is 0.318. The van der Waals surface area contributed by atoms with E-state index in [2.05, 4.69) is 28.1 Å². The monoisotopic (exact) mass is 404 g/mol. The van der Waals surface area contributed by atoms with Crippen LogP contribution in [0.4, 0.5) is 0 Å². The van der Waals surface area contributed by atoms with Crippen molar-refractivity contribution in [3.8, 4) is 16.9 Å². The molecule has 0 saturated heterocycles. The van der Waals surface area contributed by atoms with Crippen molar-refractivity contribution in [2.75, 3.05) is 0 Å². The van der Waals surface area contributed by atoms with Crippen molar-refractivity contribution in [1.82, 2.24) is 0 Å². The van der Waals surface area contributed by atoms with E-state index in [9.17, 15) is 4.79 Å². The molecule has 4 heteroatoms. The van der Waals surface area contributed by atoms with E-state index in [-0.39, 0.29) is 12.1 Å². The zero-order chi connectivity index (χ0) is 18.6. The third-order valence-corrected chi connectivity index (χ3v) is 4.00. The summed E-state index contributed by atoms with van der Waals surface area (Å²) in [5, 5.41) is 0.812. The molecular weight excluding hydrogens is 380 g/mol. The minimum atomic E-state index is -0.538. The molecule has 0 aliphatic heterocycles. The molecule has 0 aliphatic carbocycles. The van der Waals surface area contributed by atoms with E-state index in [0.29, 0.717) is 11.3 Å². The van der Waals surface area contributed by atoms with Crippen molar-refractivity contribution in [3.05, 3.63) is 53.6 Å². The minimum Gasteiger partial charge on any atom is -0.491 e. The Labute approximate surface area is 158 Å². The first-order valence-electron chi connectivity index (χ1n) is 8.38. The molecule has 25 heavy (non-hydrogen) atoms. The van der Waals surface area contributed by atoms with Crippen LogP contribution in [0.5, 0.6) is 5.75 Å². The van der Waals surface area contributed by atoms with Crippen LogP contribution >= 0.6 is 15.9 Å². The lowest BCUT2D eigenvalue weighted by Crippen LogP contribution is -2.24. The van der Waals surface area contributed by atoms with Crippen molar-refractivity contribution in [2.24, 2.45) is 0 Å². The van der Waals surface area contributed by atoms with Crippen LogP contribution in [-0.2, 0) is 10.1 Å². The van der Waals surface area contributed by atoms with Gasteiger partial charge in [0, 0.05) is 5.33 Å². The lowest BCUT2D eigenvalue weighted by Gasteiger charge is -2.20. The zero-order valence-corrected chi connectivity index (χ0v) is 17.0. The highest BCUT2D eigenvalue weighted by Gasteiger charge is 2.19. The molecule has 0 unspecified atom stereocenters. The van der Waals surface area contributed by atoms with Gasteiger partial charge in [-0.1, -0.05) is 40.2 Å². The first-order valence-corrected chi connectivity index (χ1v) is 9.50. The number of alkyl halides is 1. The van der Waals surface area contributed by atoms with Crippen LogP contribution in [0.15, 0.2) is 42.5 Å². The SMILES string of the molecule is CC(C)Oc1cc(C(=O)OC(C)(C)C)cc(-c2ccc(CBr)cc2)c1. The van der Waals surface area contributed by atoms with Gasteiger partial charge in [-0.15, -0.1) is 0 Å². The highest BCUT2D eigenvalue weighted by Crippen LogP contribution is 2.28. The second kappa shape index (κ2) is 8.05. The Bertz CT molecular complexity index is 728. The molecule has 134 valence electrons. The summed E-state index contributed by atoms with van der Waals surface area (Å²) in [6.45, 7) is 9.51. The predicted molar refractivity (Wildman–Crippen MR) is 105 cm³/mol. The van der Waals surface area contributed by atoms with Crippen molar-refractivity contribution in [2.45, 2.75) is 51.7 Å². The highest BCUT2D eigenvalue weighted by atomic mass is 79.9. The van der Waals surface area contributed by atoms with Gasteiger partial charge in [-0.3, -0.25) is 0 Å². The van der Waals surface area contributed by atoms with E-state index >= 15 is 0 Å². The van der Waals surface area contributed by atoms with E-state index in [1.807, 2.05) is 58.9 Å². The molecule has 2 rings (SSSR count). The van der Waals surface area contributed by atoms with Gasteiger partial charge >= 0.3 is 5.97 Å². The van der Waals surface area contributed by atoms with E-state index < -0.39 is 5.60 Å². The molecule has 0 atom stereocenters. The van der Waals surface area contributed by atoms with Crippen LogP contribution in [0.2, 0.25) is 0 Å². The summed E-state index contributed by atoms with van der Waals surface area (Å²) in [6, 6.07) is 13.8. The number of esters is 1. The van der Waals surface area contributed by atoms with Crippen molar-refractivity contribution < 1.29 is 14.3 Å². The Balaban J connectivity index is 2.43. The van der Waals surface area contributed by atoms with Crippen molar-refractivity contribution in [1.29, 1.82) is 0 Å². The minimum absolute atomic E-state index is 0.0255. The third kappa shape index (κ3) is 5.89. The molecule has 0 spiro atoms. The fourth-order valence-electron chi connectivity index (χ4n) is 2.35. The lowest BCUT2D eigenvalue weighted by molar-refractivity contribution is 0.00689. The molecule has 0 amide bonds. The van der Waals surface area contributed by atoms with E-state index in [4.69, 9.17) is 9.47 Å². The van der Waals surface area contributed by atoms with E-state index in [0.717, 1.165) is 16.5 Å². The van der Waals surface area contributed by atoms with Crippen LogP contribution in [0.25, 0.3) is 11.1 Å². The van der Waals surface area contributed by atoms with Crippen LogP contribution in [-0.4, -0.2) is 17.7 Å². The number of hydrogen-bond donors (Lipinski definition) is 0. The Morgan fingerprint density at radius 1 is 1.04 bits per heavy atom. The first-order chi connectivity index (χ1) is 11.7. The van der Waals surface area contributed by atoms with Gasteiger partial charge in [-0.25, -0.2) is 4.79 Å². The van der Waals surface area contributed by atoms with Gasteiger partial charge in [0.25, 0.3) is 0 Å². The number of ether oxygens (including phenoxy) is 2. The normalized spacial score (nSPS) is 11.5. The molecule has 3 nitrogen and oxygen atoms in total. The highest BCUT2D eigenvalue weighted by molar-refractivity contribution is 9.08. The lowest BCUT2D eigenvalue weighted by atomic mass is 10.0. The second-order valence-electron chi connectivity index (χ2n) is 7.25. The molecule has 0 aliphatic rings. The Morgan fingerprint density at radius 2 is 1.68 bits per heavy atom. The molecular formula is C21H25BrO3. The molecule has 0 aromatic heterocycles. The van der Waals surface area contributed by atoms with Crippen molar-refractivity contribution in [3.63, 3.8) is 0 Å². The maximum Gasteiger partial charge on any atom is 0.338 e. The number of benzene rings is 2. The summed E-state index contributed by atoms with van der Waals surface area (Å²) >= 11 is 3.45. The van der Waals surface area contributed by atoms with Crippen LogP contribution in [0.3, 0.4) is 0 Å². The quantitative estimate of drug-likeness (QED) is 0.453. The molecule has 0 fully saturated rings. The second-order valence-corrected chi connectivity index (χ2v) is 7.81. The van der Waals surface area contributed by atoms with Crippen LogP contribution in [0, 0.1) is 0 Å². The molecule has 2 aromatic rings. The smallest absolute Gasteiger partial charge is 0.338 e. The fourth-order valence-corrected chi connectivity index (χ4v) is 2.72. The fraction of sp³-hybridized carbons (Fsp3) is 0.381. The van der Waals surface area contributed by atoms with Gasteiger partial charge in [0.15, 0.2) is 0 Å². The largest absolute Gasteiger partial charge is 0.491 e. The average molecular weight is 405 g/mol. The zero-order valence-electron chi connectivity index (χ0n) is 15.4. The number of hydrogen-bond acceptors (Lipinski definition) is 3. The van der Waals surface area contributed by atoms with Gasteiger partial charge in [0.2, 0.25) is 0 Å². The van der Waals surface area contributed by atoms with E-state index in [1.54, 1.807) is 6.07 Å². The third-order valence-electron chi connectivity index (χ3n) is 3.35. The first kappa shape index (κ1) is 19.5. The average Bonchev–Trinajstić information content (AvgIpc) is 2.52. The summed E-state index contributed by atoms with van der Waals surface area (Å²) < 4.78 is 11.3. The molecule has 2 aromatic carbocycles. The number of halogens is 1. The summed E-state index contributed by atoms with van der Waals surface area (Å²) in [6.07, 6.45) is 0.0255. The summed E-state index contributed by atoms with van der Waals surface area (Å²) in [7, 11) is 0. The molecule has 0 heterocycles. The standard InChI is InChI=1S/C21H25BrO3/c1-14(2)24-19-11-17(16-8-6-15(13-22)7-9-16)10-18(12-19)20(23)25-21(3,4)5/h6-12,14H,13H2,1-5H3. The van der Waals surface area contributed by atoms with Gasteiger partial charge in [0.1, 0.15) is 11.4 Å². The number of carbonyl (C=O) groups is 1.